The molecule has 0 spiro atoms. The number of carbonyl (C=O) groups is 1. The van der Waals surface area contributed by atoms with E-state index in [1.807, 2.05) is 42.5 Å². The van der Waals surface area contributed by atoms with Gasteiger partial charge in [0.25, 0.3) is 0 Å². The van der Waals surface area contributed by atoms with Crippen molar-refractivity contribution in [2.24, 2.45) is 4.99 Å². The average Bonchev–Trinajstić information content (AvgIpc) is 3.01. The monoisotopic (exact) mass is 351 g/mol. The number of methoxy groups -OCH3 is 2. The largest absolute Gasteiger partial charge is 0.497 e. The normalized spacial score (nSPS) is 15.0. The Labute approximate surface area is 152 Å². The van der Waals surface area contributed by atoms with Crippen molar-refractivity contribution in [3.8, 4) is 11.5 Å². The lowest BCUT2D eigenvalue weighted by atomic mass is 10.1. The van der Waals surface area contributed by atoms with E-state index in [9.17, 15) is 4.79 Å². The Morgan fingerprint density at radius 3 is 2.50 bits per heavy atom. The first-order valence-corrected chi connectivity index (χ1v) is 8.44. The van der Waals surface area contributed by atoms with Crippen LogP contribution in [0, 0.1) is 0 Å². The zero-order valence-corrected chi connectivity index (χ0v) is 15.1. The smallest absolute Gasteiger partial charge is 0.363 e. The number of carbonyl (C=O) groups excluding carboxylic acids is 1. The standard InChI is InChI=1S/C21H21NO4/c1-4-16-11-15(7-10-19(16)25-3)12-18-21(23)26-20(22-18)13-14-5-8-17(24-2)9-6-14/h5-12H,4,13H2,1-3H3/b18-12+. The summed E-state index contributed by atoms with van der Waals surface area (Å²) < 4.78 is 15.8. The van der Waals surface area contributed by atoms with Crippen molar-refractivity contribution >= 4 is 17.9 Å². The molecule has 5 heteroatoms. The van der Waals surface area contributed by atoms with E-state index < -0.39 is 5.97 Å². The first-order chi connectivity index (χ1) is 12.6. The minimum atomic E-state index is -0.428. The number of aliphatic imine (C=N–C) groups is 1. The minimum Gasteiger partial charge on any atom is -0.497 e. The number of cyclic esters (lactones) is 1. The second-order valence-corrected chi connectivity index (χ2v) is 5.87. The van der Waals surface area contributed by atoms with Crippen LogP contribution in [0.2, 0.25) is 0 Å². The van der Waals surface area contributed by atoms with E-state index in [1.54, 1.807) is 20.3 Å². The molecule has 0 radical (unpaired) electrons. The maximum absolute atomic E-state index is 12.1. The molecule has 0 saturated carbocycles. The van der Waals surface area contributed by atoms with Crippen LogP contribution in [0.25, 0.3) is 6.08 Å². The molecule has 5 nitrogen and oxygen atoms in total. The Bertz CT molecular complexity index is 866. The Balaban J connectivity index is 1.79. The molecule has 26 heavy (non-hydrogen) atoms. The van der Waals surface area contributed by atoms with Crippen molar-refractivity contribution in [1.82, 2.24) is 0 Å². The molecule has 1 aliphatic heterocycles. The summed E-state index contributed by atoms with van der Waals surface area (Å²) in [6.07, 6.45) is 3.04. The maximum Gasteiger partial charge on any atom is 0.363 e. The highest BCUT2D eigenvalue weighted by Gasteiger charge is 2.23. The van der Waals surface area contributed by atoms with Gasteiger partial charge in [0, 0.05) is 6.42 Å². The van der Waals surface area contributed by atoms with E-state index >= 15 is 0 Å². The van der Waals surface area contributed by atoms with Gasteiger partial charge in [0.1, 0.15) is 11.5 Å². The summed E-state index contributed by atoms with van der Waals surface area (Å²) in [5.41, 5.74) is 3.27. The fourth-order valence-electron chi connectivity index (χ4n) is 2.77. The molecule has 0 fully saturated rings. The lowest BCUT2D eigenvalue weighted by Gasteiger charge is -2.07. The van der Waals surface area contributed by atoms with Gasteiger partial charge in [-0.1, -0.05) is 25.1 Å². The molecule has 2 aromatic rings. The van der Waals surface area contributed by atoms with E-state index in [0.717, 1.165) is 34.6 Å². The van der Waals surface area contributed by atoms with Crippen LogP contribution in [0.5, 0.6) is 11.5 Å². The van der Waals surface area contributed by atoms with Gasteiger partial charge in [0.2, 0.25) is 5.90 Å². The zero-order valence-electron chi connectivity index (χ0n) is 15.1. The molecular weight excluding hydrogens is 330 g/mol. The number of ether oxygens (including phenoxy) is 3. The van der Waals surface area contributed by atoms with E-state index in [1.165, 1.54) is 0 Å². The van der Waals surface area contributed by atoms with Gasteiger partial charge in [-0.15, -0.1) is 0 Å². The van der Waals surface area contributed by atoms with Crippen molar-refractivity contribution in [2.75, 3.05) is 14.2 Å². The summed E-state index contributed by atoms with van der Waals surface area (Å²) in [6, 6.07) is 13.4. The third-order valence-corrected chi connectivity index (χ3v) is 4.17. The summed E-state index contributed by atoms with van der Waals surface area (Å²) in [6.45, 7) is 2.06. The van der Waals surface area contributed by atoms with Gasteiger partial charge < -0.3 is 14.2 Å². The van der Waals surface area contributed by atoms with Crippen LogP contribution >= 0.6 is 0 Å². The third-order valence-electron chi connectivity index (χ3n) is 4.17. The van der Waals surface area contributed by atoms with Gasteiger partial charge >= 0.3 is 5.97 Å². The summed E-state index contributed by atoms with van der Waals surface area (Å²) in [5, 5.41) is 0. The van der Waals surface area contributed by atoms with Crippen molar-refractivity contribution < 1.29 is 19.0 Å². The van der Waals surface area contributed by atoms with Gasteiger partial charge in [-0.05, 0) is 53.5 Å². The van der Waals surface area contributed by atoms with Crippen molar-refractivity contribution in [3.63, 3.8) is 0 Å². The van der Waals surface area contributed by atoms with Crippen LogP contribution in [0.1, 0.15) is 23.6 Å². The van der Waals surface area contributed by atoms with E-state index in [0.29, 0.717) is 18.0 Å². The van der Waals surface area contributed by atoms with Gasteiger partial charge in [0.05, 0.1) is 14.2 Å². The van der Waals surface area contributed by atoms with Crippen molar-refractivity contribution in [3.05, 3.63) is 64.9 Å². The Morgan fingerprint density at radius 1 is 1.08 bits per heavy atom. The highest BCUT2D eigenvalue weighted by Crippen LogP contribution is 2.24. The van der Waals surface area contributed by atoms with Crippen LogP contribution in [0.15, 0.2) is 53.2 Å². The Kier molecular flexibility index (Phi) is 5.37. The molecule has 1 aliphatic rings. The molecule has 1 heterocycles. The SMILES string of the molecule is CCc1cc(/C=C2/N=C(Cc3ccc(OC)cc3)OC2=O)ccc1OC. The fourth-order valence-corrected chi connectivity index (χ4v) is 2.77. The van der Waals surface area contributed by atoms with Crippen LogP contribution < -0.4 is 9.47 Å². The number of hydrogen-bond donors (Lipinski definition) is 0. The first kappa shape index (κ1) is 17.7. The minimum absolute atomic E-state index is 0.306. The summed E-state index contributed by atoms with van der Waals surface area (Å²) in [5.74, 6) is 1.59. The Morgan fingerprint density at radius 2 is 1.85 bits per heavy atom. The molecular formula is C21H21NO4. The van der Waals surface area contributed by atoms with Gasteiger partial charge in [0.15, 0.2) is 5.70 Å². The van der Waals surface area contributed by atoms with Crippen LogP contribution in [-0.2, 0) is 22.4 Å². The predicted octanol–water partition coefficient (Wildman–Crippen LogP) is 3.81. The van der Waals surface area contributed by atoms with Gasteiger partial charge in [-0.2, -0.15) is 0 Å². The summed E-state index contributed by atoms with van der Waals surface area (Å²) in [4.78, 5) is 16.5. The van der Waals surface area contributed by atoms with Crippen LogP contribution in [-0.4, -0.2) is 26.1 Å². The van der Waals surface area contributed by atoms with Crippen molar-refractivity contribution in [2.45, 2.75) is 19.8 Å². The number of hydrogen-bond acceptors (Lipinski definition) is 5. The molecule has 0 amide bonds. The molecule has 3 rings (SSSR count). The second kappa shape index (κ2) is 7.87. The number of aryl methyl sites for hydroxylation is 1. The van der Waals surface area contributed by atoms with Crippen LogP contribution in [0.3, 0.4) is 0 Å². The Hall–Kier alpha value is -3.08. The number of esters is 1. The predicted molar refractivity (Wildman–Crippen MR) is 101 cm³/mol. The first-order valence-electron chi connectivity index (χ1n) is 8.44. The second-order valence-electron chi connectivity index (χ2n) is 5.87. The topological polar surface area (TPSA) is 57.1 Å². The average molecular weight is 351 g/mol. The molecule has 0 aliphatic carbocycles. The van der Waals surface area contributed by atoms with Crippen LogP contribution in [0.4, 0.5) is 0 Å². The molecule has 2 aromatic carbocycles. The van der Waals surface area contributed by atoms with Crippen molar-refractivity contribution in [1.29, 1.82) is 0 Å². The highest BCUT2D eigenvalue weighted by atomic mass is 16.6. The number of rotatable bonds is 6. The molecule has 0 saturated heterocycles. The van der Waals surface area contributed by atoms with Gasteiger partial charge in [-0.3, -0.25) is 0 Å². The zero-order chi connectivity index (χ0) is 18.5. The van der Waals surface area contributed by atoms with E-state index in [-0.39, 0.29) is 0 Å². The summed E-state index contributed by atoms with van der Waals surface area (Å²) >= 11 is 0. The van der Waals surface area contributed by atoms with E-state index in [4.69, 9.17) is 14.2 Å². The number of nitrogens with zero attached hydrogens (tertiary/aromatic N) is 1. The quantitative estimate of drug-likeness (QED) is 0.587. The lowest BCUT2D eigenvalue weighted by molar-refractivity contribution is -0.130. The number of benzene rings is 2. The molecule has 0 bridgehead atoms. The third kappa shape index (κ3) is 3.94. The molecule has 134 valence electrons. The lowest BCUT2D eigenvalue weighted by Crippen LogP contribution is -2.06. The summed E-state index contributed by atoms with van der Waals surface area (Å²) in [7, 11) is 3.27. The molecule has 0 aromatic heterocycles. The van der Waals surface area contributed by atoms with Gasteiger partial charge in [-0.25, -0.2) is 9.79 Å². The fraction of sp³-hybridized carbons (Fsp3) is 0.238. The van der Waals surface area contributed by atoms with E-state index in [2.05, 4.69) is 11.9 Å². The molecule has 0 atom stereocenters. The highest BCUT2D eigenvalue weighted by molar-refractivity contribution is 6.07. The maximum atomic E-state index is 12.1. The molecule has 0 unspecified atom stereocenters. The molecule has 0 N–H and O–H groups in total.